The normalized spacial score (nSPS) is 11.7. The van der Waals surface area contributed by atoms with Crippen LogP contribution in [0.4, 0.5) is 0 Å². The van der Waals surface area contributed by atoms with Crippen LogP contribution in [0.2, 0.25) is 0 Å². The van der Waals surface area contributed by atoms with Crippen LogP contribution in [0.3, 0.4) is 0 Å². The summed E-state index contributed by atoms with van der Waals surface area (Å²) >= 11 is 0. The third-order valence-electron chi connectivity index (χ3n) is 5.37. The average molecular weight is 376 g/mol. The van der Waals surface area contributed by atoms with Crippen molar-refractivity contribution in [3.8, 4) is 11.1 Å². The van der Waals surface area contributed by atoms with E-state index in [2.05, 4.69) is 44.7 Å². The first-order chi connectivity index (χ1) is 13.4. The first-order valence-electron chi connectivity index (χ1n) is 9.98. The van der Waals surface area contributed by atoms with E-state index in [1.807, 2.05) is 48.5 Å². The van der Waals surface area contributed by atoms with Gasteiger partial charge in [0.25, 0.3) is 0 Å². The van der Waals surface area contributed by atoms with Gasteiger partial charge >= 0.3 is 5.97 Å². The van der Waals surface area contributed by atoms with Gasteiger partial charge in [-0.05, 0) is 61.6 Å². The van der Waals surface area contributed by atoms with Gasteiger partial charge in [0.1, 0.15) is 0 Å². The fraction of sp³-hybridized carbons (Fsp3) is 0.320. The maximum atomic E-state index is 12.1. The van der Waals surface area contributed by atoms with E-state index in [0.717, 1.165) is 34.9 Å². The highest BCUT2D eigenvalue weighted by atomic mass is 16.4. The van der Waals surface area contributed by atoms with Crippen LogP contribution < -0.4 is 0 Å². The highest BCUT2D eigenvalue weighted by Gasteiger charge is 2.17. The van der Waals surface area contributed by atoms with E-state index in [0.29, 0.717) is 17.6 Å². The molecule has 0 saturated heterocycles. The molecular formula is C25H29NO2. The van der Waals surface area contributed by atoms with E-state index in [1.54, 1.807) is 0 Å². The number of rotatable bonds is 7. The Kier molecular flexibility index (Phi) is 6.15. The molecule has 0 aromatic heterocycles. The fourth-order valence-electron chi connectivity index (χ4n) is 4.01. The zero-order valence-corrected chi connectivity index (χ0v) is 17.1. The molecule has 0 atom stereocenters. The number of carboxylic acids is 1. The second-order valence-corrected chi connectivity index (χ2v) is 7.89. The van der Waals surface area contributed by atoms with Crippen LogP contribution in [0, 0.1) is 0 Å². The minimum absolute atomic E-state index is 0.376. The Morgan fingerprint density at radius 1 is 0.929 bits per heavy atom. The van der Waals surface area contributed by atoms with Crippen molar-refractivity contribution in [2.75, 3.05) is 6.54 Å². The predicted molar refractivity (Wildman–Crippen MR) is 117 cm³/mol. The summed E-state index contributed by atoms with van der Waals surface area (Å²) in [6.07, 6.45) is 0.945. The summed E-state index contributed by atoms with van der Waals surface area (Å²) in [6.45, 7) is 9.90. The number of hydrogen-bond acceptors (Lipinski definition) is 2. The lowest BCUT2D eigenvalue weighted by Crippen LogP contribution is -2.38. The zero-order chi connectivity index (χ0) is 20.3. The Balaban J connectivity index is 1.96. The highest BCUT2D eigenvalue weighted by molar-refractivity contribution is 6.09. The van der Waals surface area contributed by atoms with Crippen LogP contribution in [0.15, 0.2) is 60.7 Å². The fourth-order valence-corrected chi connectivity index (χ4v) is 4.01. The molecule has 0 unspecified atom stereocenters. The molecule has 1 N–H and O–H groups in total. The van der Waals surface area contributed by atoms with Crippen LogP contribution in [-0.2, 0) is 6.42 Å². The molecule has 3 nitrogen and oxygen atoms in total. The Bertz CT molecular complexity index is 967. The summed E-state index contributed by atoms with van der Waals surface area (Å²) < 4.78 is 0. The number of carbonyl (C=O) groups is 1. The monoisotopic (exact) mass is 375 g/mol. The maximum absolute atomic E-state index is 12.1. The first-order valence-corrected chi connectivity index (χ1v) is 9.98. The SMILES string of the molecule is CC(C)N(CCc1cccc(-c2ccc3ccccc3c2C(=O)O)c1)C(C)C. The molecule has 0 aliphatic rings. The molecule has 0 heterocycles. The largest absolute Gasteiger partial charge is 0.478 e. The van der Waals surface area contributed by atoms with Crippen molar-refractivity contribution in [3.63, 3.8) is 0 Å². The Labute approximate surface area is 167 Å². The summed E-state index contributed by atoms with van der Waals surface area (Å²) in [7, 11) is 0. The third-order valence-corrected chi connectivity index (χ3v) is 5.37. The van der Waals surface area contributed by atoms with Gasteiger partial charge in [-0.3, -0.25) is 4.90 Å². The second-order valence-electron chi connectivity index (χ2n) is 7.89. The molecule has 0 aliphatic heterocycles. The van der Waals surface area contributed by atoms with Crippen LogP contribution in [0.1, 0.15) is 43.6 Å². The number of fused-ring (bicyclic) bond motifs is 1. The van der Waals surface area contributed by atoms with Gasteiger partial charge < -0.3 is 5.11 Å². The molecule has 146 valence electrons. The molecule has 0 bridgehead atoms. The van der Waals surface area contributed by atoms with Gasteiger partial charge in [-0.15, -0.1) is 0 Å². The summed E-state index contributed by atoms with van der Waals surface area (Å²) in [5, 5.41) is 11.6. The Morgan fingerprint density at radius 2 is 1.64 bits per heavy atom. The van der Waals surface area contributed by atoms with E-state index >= 15 is 0 Å². The standard InChI is InChI=1S/C25H29NO2/c1-17(2)26(18(3)4)15-14-19-8-7-10-21(16-19)23-13-12-20-9-5-6-11-22(20)24(23)25(27)28/h5-13,16-18H,14-15H2,1-4H3,(H,27,28). The van der Waals surface area contributed by atoms with Gasteiger partial charge in [0, 0.05) is 18.6 Å². The van der Waals surface area contributed by atoms with Crippen molar-refractivity contribution in [3.05, 3.63) is 71.8 Å². The van der Waals surface area contributed by atoms with Crippen molar-refractivity contribution in [1.82, 2.24) is 4.90 Å². The Morgan fingerprint density at radius 3 is 2.32 bits per heavy atom. The van der Waals surface area contributed by atoms with E-state index < -0.39 is 5.97 Å². The minimum Gasteiger partial charge on any atom is -0.478 e. The topological polar surface area (TPSA) is 40.5 Å². The third kappa shape index (κ3) is 4.26. The lowest BCUT2D eigenvalue weighted by atomic mass is 9.93. The summed E-state index contributed by atoms with van der Waals surface area (Å²) in [5.41, 5.74) is 3.34. The van der Waals surface area contributed by atoms with Gasteiger partial charge in [0.05, 0.1) is 5.56 Å². The molecule has 3 rings (SSSR count). The molecular weight excluding hydrogens is 346 g/mol. The highest BCUT2D eigenvalue weighted by Crippen LogP contribution is 2.31. The van der Waals surface area contributed by atoms with Gasteiger partial charge in [0.15, 0.2) is 0 Å². The van der Waals surface area contributed by atoms with Crippen LogP contribution in [0.25, 0.3) is 21.9 Å². The zero-order valence-electron chi connectivity index (χ0n) is 17.1. The van der Waals surface area contributed by atoms with Crippen molar-refractivity contribution < 1.29 is 9.90 Å². The lowest BCUT2D eigenvalue weighted by molar-refractivity contribution is 0.0700. The number of benzene rings is 3. The molecule has 3 aromatic carbocycles. The van der Waals surface area contributed by atoms with Crippen LogP contribution in [0.5, 0.6) is 0 Å². The predicted octanol–water partition coefficient (Wildman–Crippen LogP) is 5.87. The molecule has 0 radical (unpaired) electrons. The van der Waals surface area contributed by atoms with Crippen molar-refractivity contribution >= 4 is 16.7 Å². The average Bonchev–Trinajstić information content (AvgIpc) is 2.66. The summed E-state index contributed by atoms with van der Waals surface area (Å²) in [6, 6.07) is 20.9. The summed E-state index contributed by atoms with van der Waals surface area (Å²) in [5.74, 6) is -0.886. The van der Waals surface area contributed by atoms with E-state index in [-0.39, 0.29) is 0 Å². The van der Waals surface area contributed by atoms with E-state index in [4.69, 9.17) is 0 Å². The molecule has 3 aromatic rings. The molecule has 28 heavy (non-hydrogen) atoms. The van der Waals surface area contributed by atoms with Crippen LogP contribution in [-0.4, -0.2) is 34.6 Å². The first kappa shape index (κ1) is 20.1. The molecule has 0 aliphatic carbocycles. The number of aromatic carboxylic acids is 1. The number of hydrogen-bond donors (Lipinski definition) is 1. The van der Waals surface area contributed by atoms with Gasteiger partial charge in [-0.25, -0.2) is 4.79 Å². The van der Waals surface area contributed by atoms with Crippen LogP contribution >= 0.6 is 0 Å². The Hall–Kier alpha value is -2.65. The minimum atomic E-state index is -0.886. The molecule has 0 saturated carbocycles. The number of nitrogens with zero attached hydrogens (tertiary/aromatic N) is 1. The quantitative estimate of drug-likeness (QED) is 0.562. The van der Waals surface area contributed by atoms with Crippen molar-refractivity contribution in [1.29, 1.82) is 0 Å². The van der Waals surface area contributed by atoms with Crippen molar-refractivity contribution in [2.45, 2.75) is 46.2 Å². The van der Waals surface area contributed by atoms with Gasteiger partial charge in [-0.1, -0.05) is 60.7 Å². The molecule has 0 spiro atoms. The van der Waals surface area contributed by atoms with E-state index in [9.17, 15) is 9.90 Å². The molecule has 0 amide bonds. The second kappa shape index (κ2) is 8.57. The number of carboxylic acid groups (broad SMARTS) is 1. The van der Waals surface area contributed by atoms with E-state index in [1.165, 1.54) is 5.56 Å². The molecule has 0 fully saturated rings. The van der Waals surface area contributed by atoms with Gasteiger partial charge in [0.2, 0.25) is 0 Å². The summed E-state index contributed by atoms with van der Waals surface area (Å²) in [4.78, 5) is 14.5. The lowest BCUT2D eigenvalue weighted by Gasteiger charge is -2.30. The molecule has 3 heteroatoms. The van der Waals surface area contributed by atoms with Crippen molar-refractivity contribution in [2.24, 2.45) is 0 Å². The smallest absolute Gasteiger partial charge is 0.336 e. The van der Waals surface area contributed by atoms with Gasteiger partial charge in [-0.2, -0.15) is 0 Å². The maximum Gasteiger partial charge on any atom is 0.336 e.